The summed E-state index contributed by atoms with van der Waals surface area (Å²) in [4.78, 5) is 2.42. The highest BCUT2D eigenvalue weighted by atomic mass is 32.1. The largest absolute Gasteiger partial charge is 0.303 e. The first-order valence-electron chi connectivity index (χ1n) is 8.82. The second-order valence-corrected chi connectivity index (χ2v) is 7.06. The van der Waals surface area contributed by atoms with Gasteiger partial charge in [0.05, 0.1) is 6.67 Å². The maximum atomic E-state index is 13.2. The Labute approximate surface area is 157 Å². The van der Waals surface area contributed by atoms with Crippen molar-refractivity contribution in [3.63, 3.8) is 0 Å². The molecule has 134 valence electrons. The van der Waals surface area contributed by atoms with Crippen LogP contribution >= 0.6 is 12.2 Å². The highest BCUT2D eigenvalue weighted by Gasteiger charge is 2.26. The van der Waals surface area contributed by atoms with Crippen molar-refractivity contribution in [3.8, 4) is 11.4 Å². The average Bonchev–Trinajstić information content (AvgIpc) is 3.24. The van der Waals surface area contributed by atoms with E-state index in [1.54, 1.807) is 12.1 Å². The minimum Gasteiger partial charge on any atom is -0.303 e. The highest BCUT2D eigenvalue weighted by molar-refractivity contribution is 7.71. The fourth-order valence-electron chi connectivity index (χ4n) is 3.65. The second-order valence-electron chi connectivity index (χ2n) is 6.69. The molecular formula is C20H21FN4S. The summed E-state index contributed by atoms with van der Waals surface area (Å²) in [6, 6.07) is 17.4. The molecule has 0 bridgehead atoms. The van der Waals surface area contributed by atoms with Crippen LogP contribution in [0.1, 0.15) is 24.4 Å². The maximum Gasteiger partial charge on any atom is 0.199 e. The Morgan fingerprint density at radius 2 is 1.85 bits per heavy atom. The van der Waals surface area contributed by atoms with Gasteiger partial charge in [-0.1, -0.05) is 30.3 Å². The first-order valence-corrected chi connectivity index (χ1v) is 9.23. The van der Waals surface area contributed by atoms with Crippen molar-refractivity contribution < 1.29 is 4.39 Å². The molecule has 0 aliphatic carbocycles. The van der Waals surface area contributed by atoms with E-state index in [-0.39, 0.29) is 5.82 Å². The number of aromatic nitrogens is 3. The van der Waals surface area contributed by atoms with Crippen LogP contribution in [-0.2, 0) is 13.7 Å². The summed E-state index contributed by atoms with van der Waals surface area (Å²) in [5.74, 6) is 0.502. The Balaban J connectivity index is 1.61. The Hall–Kier alpha value is -2.31. The molecule has 1 unspecified atom stereocenters. The molecule has 0 radical (unpaired) electrons. The molecule has 0 saturated carbocycles. The summed E-state index contributed by atoms with van der Waals surface area (Å²) < 4.78 is 17.6. The van der Waals surface area contributed by atoms with Crippen LogP contribution in [0.15, 0.2) is 54.6 Å². The smallest absolute Gasteiger partial charge is 0.199 e. The van der Waals surface area contributed by atoms with Gasteiger partial charge in [-0.2, -0.15) is 5.10 Å². The molecule has 1 aromatic heterocycles. The summed E-state index contributed by atoms with van der Waals surface area (Å²) in [6.07, 6.45) is 2.32. The van der Waals surface area contributed by atoms with Gasteiger partial charge in [-0.05, 0) is 54.9 Å². The number of hydrogen-bond acceptors (Lipinski definition) is 3. The molecule has 1 aliphatic rings. The third-order valence-corrected chi connectivity index (χ3v) is 5.49. The summed E-state index contributed by atoms with van der Waals surface area (Å²) in [5, 5.41) is 4.71. The van der Waals surface area contributed by atoms with E-state index in [4.69, 9.17) is 17.3 Å². The molecule has 1 aliphatic heterocycles. The molecule has 1 saturated heterocycles. The van der Waals surface area contributed by atoms with Gasteiger partial charge in [0, 0.05) is 25.2 Å². The van der Waals surface area contributed by atoms with Gasteiger partial charge in [-0.25, -0.2) is 9.07 Å². The molecule has 26 heavy (non-hydrogen) atoms. The number of nitrogens with zero attached hydrogens (tertiary/aromatic N) is 4. The number of rotatable bonds is 4. The van der Waals surface area contributed by atoms with E-state index in [0.717, 1.165) is 24.4 Å². The molecule has 6 heteroatoms. The van der Waals surface area contributed by atoms with Gasteiger partial charge in [0.2, 0.25) is 0 Å². The molecule has 2 aromatic carbocycles. The molecule has 4 rings (SSSR count). The molecule has 0 amide bonds. The molecule has 2 heterocycles. The van der Waals surface area contributed by atoms with Gasteiger partial charge < -0.3 is 4.57 Å². The monoisotopic (exact) mass is 368 g/mol. The van der Waals surface area contributed by atoms with Crippen molar-refractivity contribution in [3.05, 3.63) is 70.7 Å². The summed E-state index contributed by atoms with van der Waals surface area (Å²) in [7, 11) is 1.91. The fourth-order valence-corrected chi connectivity index (χ4v) is 3.84. The lowest BCUT2D eigenvalue weighted by Gasteiger charge is -2.24. The lowest BCUT2D eigenvalue weighted by molar-refractivity contribution is 0.190. The molecular weight excluding hydrogens is 347 g/mol. The molecule has 3 aromatic rings. The molecule has 0 N–H and O–H groups in total. The summed E-state index contributed by atoms with van der Waals surface area (Å²) in [5.41, 5.74) is 2.20. The van der Waals surface area contributed by atoms with E-state index in [9.17, 15) is 4.39 Å². The van der Waals surface area contributed by atoms with Crippen LogP contribution in [0.4, 0.5) is 4.39 Å². The van der Waals surface area contributed by atoms with E-state index in [0.29, 0.717) is 17.5 Å². The minimum absolute atomic E-state index is 0.253. The van der Waals surface area contributed by atoms with Gasteiger partial charge in [-0.15, -0.1) is 0 Å². The third kappa shape index (κ3) is 3.22. The Morgan fingerprint density at radius 3 is 2.58 bits per heavy atom. The van der Waals surface area contributed by atoms with E-state index >= 15 is 0 Å². The van der Waals surface area contributed by atoms with Crippen LogP contribution in [0, 0.1) is 10.6 Å². The minimum atomic E-state index is -0.253. The van der Waals surface area contributed by atoms with Crippen molar-refractivity contribution >= 4 is 12.2 Å². The maximum absolute atomic E-state index is 13.2. The first kappa shape index (κ1) is 17.1. The van der Waals surface area contributed by atoms with Gasteiger partial charge in [0.25, 0.3) is 0 Å². The van der Waals surface area contributed by atoms with E-state index in [2.05, 4.69) is 29.2 Å². The van der Waals surface area contributed by atoms with Gasteiger partial charge in [-0.3, -0.25) is 4.90 Å². The normalized spacial score (nSPS) is 17.7. The van der Waals surface area contributed by atoms with E-state index < -0.39 is 0 Å². The Morgan fingerprint density at radius 1 is 1.12 bits per heavy atom. The average molecular weight is 368 g/mol. The van der Waals surface area contributed by atoms with Crippen LogP contribution in [0.5, 0.6) is 0 Å². The highest BCUT2D eigenvalue weighted by Crippen LogP contribution is 2.32. The first-order chi connectivity index (χ1) is 12.6. The molecule has 4 nitrogen and oxygen atoms in total. The van der Waals surface area contributed by atoms with Crippen molar-refractivity contribution in [1.29, 1.82) is 0 Å². The molecule has 0 spiro atoms. The fraction of sp³-hybridized carbons (Fsp3) is 0.300. The quantitative estimate of drug-likeness (QED) is 0.632. The standard InChI is InChI=1S/C20H21FN4S/c1-23-19(16-9-11-17(21)12-10-16)22-25(20(23)26)14-24-13-5-8-18(24)15-6-3-2-4-7-15/h2-4,6-7,9-12,18H,5,8,13-14H2,1H3. The number of benzene rings is 2. The number of hydrogen-bond donors (Lipinski definition) is 0. The summed E-state index contributed by atoms with van der Waals surface area (Å²) >= 11 is 5.59. The van der Waals surface area contributed by atoms with Gasteiger partial charge in [0.15, 0.2) is 10.6 Å². The van der Waals surface area contributed by atoms with Gasteiger partial charge >= 0.3 is 0 Å². The van der Waals surface area contributed by atoms with Gasteiger partial charge in [0.1, 0.15) is 5.82 Å². The van der Waals surface area contributed by atoms with E-state index in [1.165, 1.54) is 24.1 Å². The van der Waals surface area contributed by atoms with Crippen molar-refractivity contribution in [2.45, 2.75) is 25.6 Å². The Kier molecular flexibility index (Phi) is 4.70. The molecule has 1 atom stereocenters. The SMILES string of the molecule is Cn1c(-c2ccc(F)cc2)nn(CN2CCCC2c2ccccc2)c1=S. The Bertz CT molecular complexity index is 946. The van der Waals surface area contributed by atoms with Crippen LogP contribution in [-0.4, -0.2) is 25.8 Å². The number of halogens is 1. The zero-order valence-electron chi connectivity index (χ0n) is 14.7. The predicted octanol–water partition coefficient (Wildman–Crippen LogP) is 4.55. The number of likely N-dealkylation sites (tertiary alicyclic amines) is 1. The van der Waals surface area contributed by atoms with Crippen LogP contribution < -0.4 is 0 Å². The topological polar surface area (TPSA) is 26.0 Å². The lowest BCUT2D eigenvalue weighted by atomic mass is 10.1. The predicted molar refractivity (Wildman–Crippen MR) is 103 cm³/mol. The zero-order chi connectivity index (χ0) is 18.1. The summed E-state index contributed by atoms with van der Waals surface area (Å²) in [6.45, 7) is 1.69. The third-order valence-electron chi connectivity index (χ3n) is 5.01. The van der Waals surface area contributed by atoms with Crippen molar-refractivity contribution in [2.24, 2.45) is 7.05 Å². The van der Waals surface area contributed by atoms with Crippen LogP contribution in [0.3, 0.4) is 0 Å². The van der Waals surface area contributed by atoms with E-state index in [1.807, 2.05) is 22.4 Å². The van der Waals surface area contributed by atoms with Crippen LogP contribution in [0.2, 0.25) is 0 Å². The zero-order valence-corrected chi connectivity index (χ0v) is 15.5. The lowest BCUT2D eigenvalue weighted by Crippen LogP contribution is -2.27. The van der Waals surface area contributed by atoms with Crippen molar-refractivity contribution in [2.75, 3.05) is 6.54 Å². The van der Waals surface area contributed by atoms with Crippen molar-refractivity contribution in [1.82, 2.24) is 19.2 Å². The van der Waals surface area contributed by atoms with Crippen LogP contribution in [0.25, 0.3) is 11.4 Å². The molecule has 1 fully saturated rings. The second kappa shape index (κ2) is 7.13.